The zero-order valence-electron chi connectivity index (χ0n) is 20.9. The molecule has 5 rings (SSSR count). The molecule has 2 atom stereocenters. The quantitative estimate of drug-likeness (QED) is 0.567. The number of aromatic nitrogens is 1. The smallest absolute Gasteiger partial charge is 0.251 e. The van der Waals surface area contributed by atoms with Gasteiger partial charge in [0.05, 0.1) is 22.8 Å². The lowest BCUT2D eigenvalue weighted by Gasteiger charge is -2.32. The summed E-state index contributed by atoms with van der Waals surface area (Å²) < 4.78 is 25.3. The molecule has 1 aromatic carbocycles. The maximum atomic E-state index is 13.5. The number of pyridine rings is 1. The highest BCUT2D eigenvalue weighted by Gasteiger charge is 2.41. The number of carbonyl (C=O) groups is 1. The minimum atomic E-state index is -3.38. The number of anilines is 1. The SMILES string of the molecule is CCS(=O)(=O)c1cccc(C2=CC(C(=O)N[C@H]3CC[C@H](O)CC3)=C(C)C3Nc4ncc(C)cc4C23)c1. The number of aliphatic hydroxyl groups is 1. The summed E-state index contributed by atoms with van der Waals surface area (Å²) in [7, 11) is -3.38. The predicted molar refractivity (Wildman–Crippen MR) is 140 cm³/mol. The summed E-state index contributed by atoms with van der Waals surface area (Å²) in [5.41, 5.74) is 5.32. The van der Waals surface area contributed by atoms with E-state index in [0.29, 0.717) is 18.4 Å². The number of hydrogen-bond acceptors (Lipinski definition) is 6. The number of nitrogens with one attached hydrogen (secondary N) is 2. The highest BCUT2D eigenvalue weighted by molar-refractivity contribution is 7.91. The molecule has 3 aliphatic rings. The molecule has 1 fully saturated rings. The van der Waals surface area contributed by atoms with E-state index in [1.807, 2.05) is 32.2 Å². The third kappa shape index (κ3) is 4.48. The van der Waals surface area contributed by atoms with Crippen molar-refractivity contribution in [3.63, 3.8) is 0 Å². The van der Waals surface area contributed by atoms with Gasteiger partial charge in [-0.2, -0.15) is 0 Å². The molecule has 8 heteroatoms. The van der Waals surface area contributed by atoms with E-state index >= 15 is 0 Å². The second kappa shape index (κ2) is 9.48. The van der Waals surface area contributed by atoms with Crippen LogP contribution in [0.3, 0.4) is 0 Å². The van der Waals surface area contributed by atoms with Gasteiger partial charge in [0.1, 0.15) is 5.82 Å². The molecule has 2 unspecified atom stereocenters. The van der Waals surface area contributed by atoms with E-state index in [2.05, 4.69) is 21.7 Å². The van der Waals surface area contributed by atoms with Gasteiger partial charge >= 0.3 is 0 Å². The van der Waals surface area contributed by atoms with E-state index in [4.69, 9.17) is 0 Å². The second-order valence-corrected chi connectivity index (χ2v) is 12.4. The predicted octanol–water partition coefficient (Wildman–Crippen LogP) is 3.89. The average molecular weight is 508 g/mol. The molecule has 1 aliphatic heterocycles. The number of nitrogens with zero attached hydrogens (tertiary/aromatic N) is 1. The Balaban J connectivity index is 1.58. The summed E-state index contributed by atoms with van der Waals surface area (Å²) >= 11 is 0. The summed E-state index contributed by atoms with van der Waals surface area (Å²) in [6.07, 6.45) is 6.36. The summed E-state index contributed by atoms with van der Waals surface area (Å²) in [5, 5.41) is 16.5. The lowest BCUT2D eigenvalue weighted by atomic mass is 9.75. The van der Waals surface area contributed by atoms with Crippen LogP contribution in [0.1, 0.15) is 62.1 Å². The van der Waals surface area contributed by atoms with Gasteiger partial charge in [0.15, 0.2) is 9.84 Å². The van der Waals surface area contributed by atoms with Crippen molar-refractivity contribution in [1.82, 2.24) is 10.3 Å². The fourth-order valence-corrected chi connectivity index (χ4v) is 6.54. The molecule has 2 aliphatic carbocycles. The van der Waals surface area contributed by atoms with Crippen molar-refractivity contribution in [2.75, 3.05) is 11.1 Å². The fraction of sp³-hybridized carbons (Fsp3) is 0.429. The Kier molecular flexibility index (Phi) is 6.51. The Labute approximate surface area is 212 Å². The van der Waals surface area contributed by atoms with Crippen LogP contribution in [0.5, 0.6) is 0 Å². The van der Waals surface area contributed by atoms with Gasteiger partial charge in [-0.25, -0.2) is 13.4 Å². The molecule has 3 N–H and O–H groups in total. The molecule has 1 amide bonds. The number of sulfone groups is 1. The van der Waals surface area contributed by atoms with Gasteiger partial charge in [0.2, 0.25) is 0 Å². The van der Waals surface area contributed by atoms with Crippen LogP contribution in [0.25, 0.3) is 5.57 Å². The Bertz CT molecular complexity index is 1370. The first-order chi connectivity index (χ1) is 17.2. The first-order valence-corrected chi connectivity index (χ1v) is 14.3. The van der Waals surface area contributed by atoms with Crippen molar-refractivity contribution in [3.8, 4) is 0 Å². The van der Waals surface area contributed by atoms with E-state index in [1.54, 1.807) is 25.1 Å². The number of hydrogen-bond donors (Lipinski definition) is 3. The van der Waals surface area contributed by atoms with Crippen molar-refractivity contribution >= 4 is 27.1 Å². The van der Waals surface area contributed by atoms with E-state index in [1.165, 1.54) is 0 Å². The van der Waals surface area contributed by atoms with Crippen LogP contribution in [0, 0.1) is 6.92 Å². The van der Waals surface area contributed by atoms with E-state index in [0.717, 1.165) is 46.5 Å². The molecule has 190 valence electrons. The van der Waals surface area contributed by atoms with Gasteiger partial charge in [-0.15, -0.1) is 0 Å². The molecular formula is C28H33N3O4S. The number of fused-ring (bicyclic) bond motifs is 3. The maximum Gasteiger partial charge on any atom is 0.251 e. The second-order valence-electron chi connectivity index (χ2n) is 10.2. The van der Waals surface area contributed by atoms with Crippen LogP contribution in [0.15, 0.2) is 58.6 Å². The highest BCUT2D eigenvalue weighted by Crippen LogP contribution is 2.49. The van der Waals surface area contributed by atoms with Crippen molar-refractivity contribution in [2.45, 2.75) is 75.5 Å². The molecule has 7 nitrogen and oxygen atoms in total. The van der Waals surface area contributed by atoms with Crippen LogP contribution < -0.4 is 10.6 Å². The first-order valence-electron chi connectivity index (χ1n) is 12.7. The van der Waals surface area contributed by atoms with Crippen molar-refractivity contribution < 1.29 is 18.3 Å². The Hall–Kier alpha value is -2.97. The molecule has 2 heterocycles. The molecule has 1 saturated carbocycles. The Morgan fingerprint density at radius 2 is 1.92 bits per heavy atom. The van der Waals surface area contributed by atoms with Gasteiger partial charge in [0, 0.05) is 29.3 Å². The molecule has 0 saturated heterocycles. The van der Waals surface area contributed by atoms with Crippen molar-refractivity contribution in [3.05, 3.63) is 70.4 Å². The number of amides is 1. The van der Waals surface area contributed by atoms with Crippen LogP contribution in [0.4, 0.5) is 5.82 Å². The molecule has 1 aromatic heterocycles. The molecule has 0 spiro atoms. The standard InChI is InChI=1S/C28H33N3O4S/c1-4-36(34,35)21-7-5-6-18(13-21)23-14-22(28(33)30-19-8-10-20(32)11-9-19)17(3)26-25(23)24-12-16(2)15-29-27(24)31-26/h5-7,12-15,19-20,25-26,32H,4,8-11H2,1-3H3,(H,29,31)(H,30,33)/t19-,20-,25?,26?. The molecule has 2 aromatic rings. The Morgan fingerprint density at radius 3 is 2.64 bits per heavy atom. The number of carbonyl (C=O) groups excluding carboxylic acids is 1. The molecule has 0 bridgehead atoms. The highest BCUT2D eigenvalue weighted by atomic mass is 32.2. The zero-order valence-corrected chi connectivity index (χ0v) is 21.7. The minimum absolute atomic E-state index is 0.0256. The first kappa shape index (κ1) is 24.7. The van der Waals surface area contributed by atoms with Gasteiger partial charge in [-0.05, 0) is 80.0 Å². The van der Waals surface area contributed by atoms with Gasteiger partial charge in [-0.3, -0.25) is 4.79 Å². The van der Waals surface area contributed by atoms with Crippen LogP contribution in [-0.2, 0) is 14.6 Å². The van der Waals surface area contributed by atoms with Crippen molar-refractivity contribution in [2.24, 2.45) is 0 Å². The normalized spacial score (nSPS) is 25.5. The van der Waals surface area contributed by atoms with Gasteiger partial charge in [-0.1, -0.05) is 25.1 Å². The topological polar surface area (TPSA) is 108 Å². The van der Waals surface area contributed by atoms with Crippen molar-refractivity contribution in [1.29, 1.82) is 0 Å². The maximum absolute atomic E-state index is 13.5. The third-order valence-electron chi connectivity index (χ3n) is 7.72. The zero-order chi connectivity index (χ0) is 25.6. The number of benzene rings is 1. The number of aryl methyl sites for hydroxylation is 1. The molecular weight excluding hydrogens is 474 g/mol. The third-order valence-corrected chi connectivity index (χ3v) is 9.46. The summed E-state index contributed by atoms with van der Waals surface area (Å²) in [5.74, 6) is 0.594. The summed E-state index contributed by atoms with van der Waals surface area (Å²) in [4.78, 5) is 18.4. The lowest BCUT2D eigenvalue weighted by molar-refractivity contribution is -0.118. The number of aliphatic hydroxyl groups excluding tert-OH is 1. The van der Waals surface area contributed by atoms with E-state index in [-0.39, 0.29) is 40.7 Å². The lowest BCUT2D eigenvalue weighted by Crippen LogP contribution is -2.40. The largest absolute Gasteiger partial charge is 0.393 e. The monoisotopic (exact) mass is 507 g/mol. The van der Waals surface area contributed by atoms with E-state index in [9.17, 15) is 18.3 Å². The minimum Gasteiger partial charge on any atom is -0.393 e. The van der Waals surface area contributed by atoms with Crippen LogP contribution >= 0.6 is 0 Å². The number of rotatable bonds is 5. The average Bonchev–Trinajstić information content (AvgIpc) is 3.25. The molecule has 36 heavy (non-hydrogen) atoms. The molecule has 0 radical (unpaired) electrons. The Morgan fingerprint density at radius 1 is 1.17 bits per heavy atom. The fourth-order valence-electron chi connectivity index (χ4n) is 5.62. The summed E-state index contributed by atoms with van der Waals surface area (Å²) in [6.45, 7) is 5.63. The summed E-state index contributed by atoms with van der Waals surface area (Å²) in [6, 6.07) is 9.03. The van der Waals surface area contributed by atoms with Gasteiger partial charge < -0.3 is 15.7 Å². The van der Waals surface area contributed by atoms with Gasteiger partial charge in [0.25, 0.3) is 5.91 Å². The van der Waals surface area contributed by atoms with Crippen LogP contribution in [-0.4, -0.2) is 48.4 Å². The van der Waals surface area contributed by atoms with E-state index < -0.39 is 9.84 Å². The van der Waals surface area contributed by atoms with Crippen LogP contribution in [0.2, 0.25) is 0 Å².